The van der Waals surface area contributed by atoms with Gasteiger partial charge in [0.2, 0.25) is 0 Å². The van der Waals surface area contributed by atoms with Crippen molar-refractivity contribution < 1.29 is 0 Å². The van der Waals surface area contributed by atoms with Crippen LogP contribution in [0.2, 0.25) is 0 Å². The molecule has 0 bridgehead atoms. The van der Waals surface area contributed by atoms with Crippen LogP contribution in [-0.4, -0.2) is 16.8 Å². The molecule has 64 heavy (non-hydrogen) atoms. The van der Waals surface area contributed by atoms with Gasteiger partial charge >= 0.3 is 0 Å². The summed E-state index contributed by atoms with van der Waals surface area (Å²) in [4.78, 5) is 5.79. The number of aryl methyl sites for hydroxylation is 3. The molecule has 0 radical (unpaired) electrons. The van der Waals surface area contributed by atoms with Crippen molar-refractivity contribution in [3.63, 3.8) is 0 Å². The first-order valence-corrected chi connectivity index (χ1v) is 24.6. The maximum absolute atomic E-state index is 2.97. The molecule has 1 aromatic heterocycles. The number of fused-ring (bicyclic) bond motifs is 15. The molecule has 0 amide bonds. The van der Waals surface area contributed by atoms with Crippen molar-refractivity contribution in [1.82, 2.24) is 4.57 Å². The van der Waals surface area contributed by atoms with Gasteiger partial charge in [0, 0.05) is 55.6 Å². The number of hydrogen-bond acceptors (Lipinski definition) is 2. The summed E-state index contributed by atoms with van der Waals surface area (Å²) in [5.41, 5.74) is 25.6. The van der Waals surface area contributed by atoms with E-state index in [1.54, 1.807) is 11.0 Å². The zero-order valence-corrected chi connectivity index (χ0v) is 40.4. The van der Waals surface area contributed by atoms with Gasteiger partial charge in [0.1, 0.15) is 0 Å². The Balaban J connectivity index is 1.23. The van der Waals surface area contributed by atoms with E-state index in [0.717, 1.165) is 12.8 Å². The number of hydrogen-bond donors (Lipinski definition) is 0. The normalized spacial score (nSPS) is 25.9. The summed E-state index contributed by atoms with van der Waals surface area (Å²) in [5, 5.41) is 2.77. The highest BCUT2D eigenvalue weighted by Gasteiger charge is 2.63. The summed E-state index contributed by atoms with van der Waals surface area (Å²) in [6.45, 7) is 29.7. The lowest BCUT2D eigenvalue weighted by atomic mass is 9.33. The zero-order valence-electron chi connectivity index (χ0n) is 40.4. The van der Waals surface area contributed by atoms with Crippen molar-refractivity contribution >= 4 is 67.7 Å². The van der Waals surface area contributed by atoms with Crippen molar-refractivity contribution in [2.24, 2.45) is 0 Å². The Hall–Kier alpha value is -5.22. The minimum atomic E-state index is -0.297. The number of benzene rings is 6. The van der Waals surface area contributed by atoms with E-state index < -0.39 is 0 Å². The SMILES string of the molecule is Cc1cc(C)c2c3c1B1c4c(cc(N5c6ccccc6C6(C)CCc7ccccc7C56C)cc4-n4c5ccc(C(C)(C)C)cc5c5cc(C(C)(C)C)cc1c54)N3C1(C)CCCCC21C. The lowest BCUT2D eigenvalue weighted by molar-refractivity contribution is 0.194. The largest absolute Gasteiger partial charge is 0.335 e. The molecule has 4 aliphatic heterocycles. The van der Waals surface area contributed by atoms with Crippen LogP contribution in [0, 0.1) is 13.8 Å². The van der Waals surface area contributed by atoms with Crippen LogP contribution in [0.3, 0.4) is 0 Å². The first kappa shape index (κ1) is 39.2. The van der Waals surface area contributed by atoms with Crippen LogP contribution >= 0.6 is 0 Å². The van der Waals surface area contributed by atoms with E-state index in [0.29, 0.717) is 0 Å². The van der Waals surface area contributed by atoms with Crippen LogP contribution in [0.25, 0.3) is 27.5 Å². The third kappa shape index (κ3) is 4.38. The second-order valence-corrected chi connectivity index (χ2v) is 24.1. The molecule has 0 saturated heterocycles. The Morgan fingerprint density at radius 2 is 1.27 bits per heavy atom. The number of rotatable bonds is 1. The zero-order chi connectivity index (χ0) is 44.4. The van der Waals surface area contributed by atoms with Crippen molar-refractivity contribution in [3.05, 3.63) is 142 Å². The first-order chi connectivity index (χ1) is 30.3. The molecule has 0 N–H and O–H groups in total. The first-order valence-electron chi connectivity index (χ1n) is 24.6. The molecule has 1 saturated carbocycles. The average Bonchev–Trinajstić information content (AvgIpc) is 3.78. The van der Waals surface area contributed by atoms with E-state index in [-0.39, 0.29) is 39.5 Å². The lowest BCUT2D eigenvalue weighted by Gasteiger charge is -2.53. The third-order valence-corrected chi connectivity index (χ3v) is 18.9. The Kier molecular flexibility index (Phi) is 7.32. The summed E-state index contributed by atoms with van der Waals surface area (Å²) in [7, 11) is 0. The second kappa shape index (κ2) is 12.0. The number of anilines is 4. The molecule has 4 unspecified atom stereocenters. The van der Waals surface area contributed by atoms with Crippen LogP contribution in [0.4, 0.5) is 22.7 Å². The van der Waals surface area contributed by atoms with Crippen LogP contribution < -0.4 is 26.2 Å². The third-order valence-electron chi connectivity index (χ3n) is 18.9. The summed E-state index contributed by atoms with van der Waals surface area (Å²) in [5.74, 6) is 0. The van der Waals surface area contributed by atoms with E-state index in [1.165, 1.54) is 126 Å². The van der Waals surface area contributed by atoms with E-state index in [1.807, 2.05) is 0 Å². The molecule has 5 heterocycles. The highest BCUT2D eigenvalue weighted by Crippen LogP contribution is 2.66. The fourth-order valence-electron chi connectivity index (χ4n) is 15.2. The number of para-hydroxylation sites is 1. The van der Waals surface area contributed by atoms with Crippen molar-refractivity contribution in [2.75, 3.05) is 9.80 Å². The average molecular weight is 838 g/mol. The van der Waals surface area contributed by atoms with Gasteiger partial charge in [-0.15, -0.1) is 0 Å². The maximum Gasteiger partial charge on any atom is 0.252 e. The minimum absolute atomic E-state index is 0.0177. The van der Waals surface area contributed by atoms with Gasteiger partial charge in [0.05, 0.1) is 16.6 Å². The summed E-state index contributed by atoms with van der Waals surface area (Å²) in [6.07, 6.45) is 7.17. The van der Waals surface area contributed by atoms with Crippen LogP contribution in [0.1, 0.15) is 146 Å². The Morgan fingerprint density at radius 1 is 0.578 bits per heavy atom. The van der Waals surface area contributed by atoms with Gasteiger partial charge in [-0.2, -0.15) is 0 Å². The molecule has 7 aromatic rings. The molecular formula is C60H64BN3. The maximum atomic E-state index is 2.97. The molecule has 0 spiro atoms. The van der Waals surface area contributed by atoms with Crippen LogP contribution in [0.5, 0.6) is 0 Å². The van der Waals surface area contributed by atoms with E-state index >= 15 is 0 Å². The molecule has 4 heteroatoms. The predicted octanol–water partition coefficient (Wildman–Crippen LogP) is 13.2. The van der Waals surface area contributed by atoms with E-state index in [9.17, 15) is 0 Å². The van der Waals surface area contributed by atoms with E-state index in [4.69, 9.17) is 0 Å². The van der Waals surface area contributed by atoms with Gasteiger partial charge in [-0.25, -0.2) is 0 Å². The Labute approximate surface area is 382 Å². The molecule has 1 fully saturated rings. The van der Waals surface area contributed by atoms with Crippen LogP contribution in [-0.2, 0) is 33.6 Å². The molecule has 3 nitrogen and oxygen atoms in total. The fraction of sp³-hybridized carbons (Fsp3) is 0.400. The summed E-state index contributed by atoms with van der Waals surface area (Å²) >= 11 is 0. The highest BCUT2D eigenvalue weighted by molar-refractivity contribution is 7.00. The Morgan fingerprint density at radius 3 is 2.03 bits per heavy atom. The fourth-order valence-corrected chi connectivity index (χ4v) is 15.2. The number of nitrogens with zero attached hydrogens (tertiary/aromatic N) is 3. The second-order valence-electron chi connectivity index (χ2n) is 24.1. The highest BCUT2D eigenvalue weighted by atomic mass is 15.3. The van der Waals surface area contributed by atoms with Gasteiger partial charge in [-0.05, 0) is 156 Å². The Bertz CT molecular complexity index is 3260. The van der Waals surface area contributed by atoms with Gasteiger partial charge in [0.25, 0.3) is 6.71 Å². The van der Waals surface area contributed by atoms with Crippen LogP contribution in [0.15, 0.2) is 97.1 Å². The summed E-state index contributed by atoms with van der Waals surface area (Å²) < 4.78 is 2.74. The van der Waals surface area contributed by atoms with Crippen molar-refractivity contribution in [2.45, 2.75) is 154 Å². The van der Waals surface area contributed by atoms with Crippen molar-refractivity contribution in [1.29, 1.82) is 0 Å². The molecular weight excluding hydrogens is 773 g/mol. The van der Waals surface area contributed by atoms with Gasteiger partial charge in [0.15, 0.2) is 0 Å². The standard InChI is InChI=1S/C60H64BN3/c1-35-29-36(2)51-54-50(35)58(10)26-17-18-27-59(58,11)64(54)49-34-40(63-47-22-16-15-21-44(47)57(9)28-25-37-19-13-14-20-43(37)60(57,63)12)33-48-52(49)61(51)45-32-39(56(6,7)8)31-42-41-30-38(55(3,4)5)23-24-46(41)62(48)53(42)45/h13-16,19-24,29-34H,17-18,25-28H2,1-12H3. The molecule has 2 aliphatic carbocycles. The quantitative estimate of drug-likeness (QED) is 0.153. The topological polar surface area (TPSA) is 11.4 Å². The van der Waals surface area contributed by atoms with Gasteiger partial charge in [-0.1, -0.05) is 134 Å². The number of aromatic nitrogens is 1. The molecule has 322 valence electrons. The van der Waals surface area contributed by atoms with Gasteiger partial charge in [-0.3, -0.25) is 0 Å². The molecule has 6 aromatic carbocycles. The summed E-state index contributed by atoms with van der Waals surface area (Å²) in [6, 6.07) is 39.4. The predicted molar refractivity (Wildman–Crippen MR) is 273 cm³/mol. The molecule has 6 aliphatic rings. The monoisotopic (exact) mass is 838 g/mol. The van der Waals surface area contributed by atoms with Gasteiger partial charge < -0.3 is 14.4 Å². The molecule has 13 rings (SSSR count). The van der Waals surface area contributed by atoms with E-state index in [2.05, 4.69) is 195 Å². The van der Waals surface area contributed by atoms with Crippen molar-refractivity contribution in [3.8, 4) is 5.69 Å². The minimum Gasteiger partial charge on any atom is -0.335 e. The lowest BCUT2D eigenvalue weighted by Crippen LogP contribution is -2.64. The smallest absolute Gasteiger partial charge is 0.252 e. The molecule has 4 atom stereocenters.